The predicted octanol–water partition coefficient (Wildman–Crippen LogP) is 2.87. The van der Waals surface area contributed by atoms with E-state index in [0.29, 0.717) is 16.3 Å². The molecule has 0 spiro atoms. The van der Waals surface area contributed by atoms with Gasteiger partial charge in [0.2, 0.25) is 5.95 Å². The summed E-state index contributed by atoms with van der Waals surface area (Å²) in [5.41, 5.74) is 1.58. The third-order valence-electron chi connectivity index (χ3n) is 4.15. The topological polar surface area (TPSA) is 78.5 Å². The van der Waals surface area contributed by atoms with Gasteiger partial charge in [0.15, 0.2) is 11.5 Å². The first-order valence-corrected chi connectivity index (χ1v) is 8.73. The second kappa shape index (κ2) is 6.09. The third kappa shape index (κ3) is 2.92. The molecular formula is C14H22N6S. The fourth-order valence-corrected chi connectivity index (χ4v) is 3.83. The lowest BCUT2D eigenvalue weighted by atomic mass is 10.1. The van der Waals surface area contributed by atoms with Crippen molar-refractivity contribution in [3.8, 4) is 0 Å². The zero-order chi connectivity index (χ0) is 14.7. The van der Waals surface area contributed by atoms with Gasteiger partial charge in [-0.05, 0) is 26.0 Å². The van der Waals surface area contributed by atoms with Crippen molar-refractivity contribution in [1.29, 1.82) is 0 Å². The minimum atomic E-state index is 0.343. The molecule has 0 aromatic carbocycles. The van der Waals surface area contributed by atoms with E-state index in [1.165, 1.54) is 25.7 Å². The molecule has 7 heteroatoms. The average Bonchev–Trinajstić information content (AvgIpc) is 3.15. The number of aromatic nitrogens is 4. The summed E-state index contributed by atoms with van der Waals surface area (Å²) >= 11 is 1.97. The van der Waals surface area contributed by atoms with E-state index >= 15 is 0 Å². The molecule has 3 rings (SSSR count). The van der Waals surface area contributed by atoms with Gasteiger partial charge >= 0.3 is 0 Å². The third-order valence-corrected chi connectivity index (χ3v) is 5.56. The summed E-state index contributed by atoms with van der Waals surface area (Å²) in [6.45, 7) is 3.77. The SMILES string of the molecule is CCNc1nc(NCC2(SC)CCCC2)c2[nH]cnc2n1. The maximum Gasteiger partial charge on any atom is 0.226 e. The van der Waals surface area contributed by atoms with Crippen molar-refractivity contribution in [3.05, 3.63) is 6.33 Å². The van der Waals surface area contributed by atoms with Crippen LogP contribution in [-0.4, -0.2) is 44.0 Å². The molecular weight excluding hydrogens is 284 g/mol. The number of hydrogen-bond donors (Lipinski definition) is 3. The number of rotatable bonds is 6. The Morgan fingerprint density at radius 1 is 1.29 bits per heavy atom. The molecule has 114 valence electrons. The first-order chi connectivity index (χ1) is 10.3. The second-order valence-corrected chi connectivity index (χ2v) is 6.75. The molecule has 0 unspecified atom stereocenters. The molecule has 21 heavy (non-hydrogen) atoms. The van der Waals surface area contributed by atoms with Crippen molar-refractivity contribution in [3.63, 3.8) is 0 Å². The summed E-state index contributed by atoms with van der Waals surface area (Å²) in [4.78, 5) is 16.3. The molecule has 2 heterocycles. The number of imidazole rings is 1. The molecule has 0 amide bonds. The number of nitrogens with zero attached hydrogens (tertiary/aromatic N) is 3. The second-order valence-electron chi connectivity index (χ2n) is 5.48. The van der Waals surface area contributed by atoms with Crippen LogP contribution in [0, 0.1) is 0 Å². The van der Waals surface area contributed by atoms with Gasteiger partial charge in [0.1, 0.15) is 5.52 Å². The summed E-state index contributed by atoms with van der Waals surface area (Å²) in [6.07, 6.45) is 9.09. The van der Waals surface area contributed by atoms with Gasteiger partial charge in [0.25, 0.3) is 0 Å². The highest BCUT2D eigenvalue weighted by atomic mass is 32.2. The van der Waals surface area contributed by atoms with Crippen molar-refractivity contribution < 1.29 is 0 Å². The van der Waals surface area contributed by atoms with Crippen LogP contribution < -0.4 is 10.6 Å². The fourth-order valence-electron chi connectivity index (χ4n) is 2.92. The number of H-pyrrole nitrogens is 1. The van der Waals surface area contributed by atoms with Crippen LogP contribution in [0.5, 0.6) is 0 Å². The maximum atomic E-state index is 4.58. The normalized spacial score (nSPS) is 17.2. The quantitative estimate of drug-likeness (QED) is 0.761. The molecule has 1 aliphatic carbocycles. The zero-order valence-corrected chi connectivity index (χ0v) is 13.4. The maximum absolute atomic E-state index is 4.58. The Balaban J connectivity index is 1.83. The van der Waals surface area contributed by atoms with Crippen LogP contribution in [0.15, 0.2) is 6.33 Å². The molecule has 1 saturated carbocycles. The highest BCUT2D eigenvalue weighted by Crippen LogP contribution is 2.40. The molecule has 2 aromatic heterocycles. The van der Waals surface area contributed by atoms with Crippen LogP contribution in [0.3, 0.4) is 0 Å². The highest BCUT2D eigenvalue weighted by molar-refractivity contribution is 8.00. The van der Waals surface area contributed by atoms with Crippen LogP contribution >= 0.6 is 11.8 Å². The van der Waals surface area contributed by atoms with Gasteiger partial charge < -0.3 is 15.6 Å². The monoisotopic (exact) mass is 306 g/mol. The Hall–Kier alpha value is -1.50. The Labute approximate surface area is 128 Å². The van der Waals surface area contributed by atoms with Crippen LogP contribution in [0.2, 0.25) is 0 Å². The minimum Gasteiger partial charge on any atom is -0.367 e. The Morgan fingerprint density at radius 3 is 2.81 bits per heavy atom. The van der Waals surface area contributed by atoms with Crippen molar-refractivity contribution in [2.45, 2.75) is 37.4 Å². The summed E-state index contributed by atoms with van der Waals surface area (Å²) in [7, 11) is 0. The Bertz CT molecular complexity index is 605. The van der Waals surface area contributed by atoms with E-state index in [9.17, 15) is 0 Å². The summed E-state index contributed by atoms with van der Waals surface area (Å²) in [5.74, 6) is 1.47. The number of aromatic amines is 1. The number of fused-ring (bicyclic) bond motifs is 1. The smallest absolute Gasteiger partial charge is 0.226 e. The molecule has 0 aliphatic heterocycles. The zero-order valence-electron chi connectivity index (χ0n) is 12.6. The van der Waals surface area contributed by atoms with E-state index in [1.54, 1.807) is 6.33 Å². The molecule has 1 fully saturated rings. The molecule has 0 saturated heterocycles. The van der Waals surface area contributed by atoms with Crippen LogP contribution in [0.4, 0.5) is 11.8 Å². The molecule has 0 bridgehead atoms. The number of anilines is 2. The molecule has 6 nitrogen and oxygen atoms in total. The number of hydrogen-bond acceptors (Lipinski definition) is 6. The van der Waals surface area contributed by atoms with Crippen molar-refractivity contribution >= 4 is 34.7 Å². The van der Waals surface area contributed by atoms with Crippen molar-refractivity contribution in [2.24, 2.45) is 0 Å². The highest BCUT2D eigenvalue weighted by Gasteiger charge is 2.33. The average molecular weight is 306 g/mol. The van der Waals surface area contributed by atoms with E-state index in [-0.39, 0.29) is 0 Å². The van der Waals surface area contributed by atoms with Gasteiger partial charge in [-0.1, -0.05) is 12.8 Å². The fraction of sp³-hybridized carbons (Fsp3) is 0.643. The Kier molecular flexibility index (Phi) is 4.19. The van der Waals surface area contributed by atoms with E-state index in [2.05, 4.69) is 36.8 Å². The molecule has 3 N–H and O–H groups in total. The van der Waals surface area contributed by atoms with E-state index in [4.69, 9.17) is 0 Å². The lowest BCUT2D eigenvalue weighted by Crippen LogP contribution is -2.30. The number of nitrogens with one attached hydrogen (secondary N) is 3. The summed E-state index contributed by atoms with van der Waals surface area (Å²) < 4.78 is 0.343. The van der Waals surface area contributed by atoms with Gasteiger partial charge in [-0.3, -0.25) is 0 Å². The van der Waals surface area contributed by atoms with Gasteiger partial charge in [0, 0.05) is 17.8 Å². The molecule has 0 atom stereocenters. The first-order valence-electron chi connectivity index (χ1n) is 7.50. The van der Waals surface area contributed by atoms with Crippen molar-refractivity contribution in [1.82, 2.24) is 19.9 Å². The molecule has 0 radical (unpaired) electrons. The van der Waals surface area contributed by atoms with Crippen LogP contribution in [-0.2, 0) is 0 Å². The van der Waals surface area contributed by atoms with Crippen molar-refractivity contribution in [2.75, 3.05) is 30.0 Å². The van der Waals surface area contributed by atoms with Gasteiger partial charge in [0.05, 0.1) is 6.33 Å². The van der Waals surface area contributed by atoms with Gasteiger partial charge in [-0.25, -0.2) is 4.98 Å². The largest absolute Gasteiger partial charge is 0.367 e. The molecule has 2 aromatic rings. The Morgan fingerprint density at radius 2 is 2.10 bits per heavy atom. The predicted molar refractivity (Wildman–Crippen MR) is 89.1 cm³/mol. The van der Waals surface area contributed by atoms with Gasteiger partial charge in [-0.2, -0.15) is 21.7 Å². The summed E-state index contributed by atoms with van der Waals surface area (Å²) in [5, 5.41) is 6.68. The molecule has 1 aliphatic rings. The summed E-state index contributed by atoms with van der Waals surface area (Å²) in [6, 6.07) is 0. The minimum absolute atomic E-state index is 0.343. The standard InChI is InChI=1S/C14H22N6S/c1-3-15-13-19-11(10-12(20-13)18-9-17-10)16-8-14(21-2)6-4-5-7-14/h9H,3-8H2,1-2H3,(H3,15,16,17,18,19,20). The van der Waals surface area contributed by atoms with Crippen LogP contribution in [0.25, 0.3) is 11.2 Å². The lowest BCUT2D eigenvalue weighted by molar-refractivity contribution is 0.639. The van der Waals surface area contributed by atoms with Gasteiger partial charge in [-0.15, -0.1) is 0 Å². The van der Waals surface area contributed by atoms with E-state index < -0.39 is 0 Å². The number of thioether (sulfide) groups is 1. The van der Waals surface area contributed by atoms with E-state index in [0.717, 1.165) is 24.4 Å². The van der Waals surface area contributed by atoms with E-state index in [1.807, 2.05) is 18.7 Å². The van der Waals surface area contributed by atoms with Crippen LogP contribution in [0.1, 0.15) is 32.6 Å². The lowest BCUT2D eigenvalue weighted by Gasteiger charge is -2.27. The first kappa shape index (κ1) is 14.4.